The summed E-state index contributed by atoms with van der Waals surface area (Å²) in [4.78, 5) is 22.4. The van der Waals surface area contributed by atoms with Crippen LogP contribution in [0.4, 0.5) is 18.0 Å². The lowest BCUT2D eigenvalue weighted by Gasteiger charge is -2.07. The lowest BCUT2D eigenvalue weighted by atomic mass is 10.1. The first-order chi connectivity index (χ1) is 8.84. The van der Waals surface area contributed by atoms with Crippen LogP contribution < -0.4 is 5.32 Å². The normalized spacial score (nSPS) is 10.4. The van der Waals surface area contributed by atoms with E-state index in [0.29, 0.717) is 0 Å². The van der Waals surface area contributed by atoms with Gasteiger partial charge in [-0.3, -0.25) is 10.1 Å². The van der Waals surface area contributed by atoms with Crippen LogP contribution in [0.15, 0.2) is 24.3 Å². The van der Waals surface area contributed by atoms with Crippen LogP contribution in [0.1, 0.15) is 15.9 Å². The second-order valence-corrected chi connectivity index (χ2v) is 3.31. The summed E-state index contributed by atoms with van der Waals surface area (Å²) in [5.74, 6) is 1.14. The van der Waals surface area contributed by atoms with Gasteiger partial charge in [0.2, 0.25) is 0 Å². The number of imide groups is 1. The molecule has 0 aromatic heterocycles. The Morgan fingerprint density at radius 2 is 1.84 bits per heavy atom. The van der Waals surface area contributed by atoms with Crippen molar-refractivity contribution in [3.63, 3.8) is 0 Å². The monoisotopic (exact) mass is 271 g/mol. The fourth-order valence-corrected chi connectivity index (χ4v) is 1.12. The number of hydrogen-bond acceptors (Lipinski definition) is 3. The molecule has 0 radical (unpaired) electrons. The fraction of sp³-hybridized carbons (Fsp3) is 0.167. The maximum absolute atomic E-state index is 12.3. The quantitative estimate of drug-likeness (QED) is 0.839. The van der Waals surface area contributed by atoms with E-state index in [2.05, 4.69) is 4.74 Å². The van der Waals surface area contributed by atoms with Crippen LogP contribution in [0, 0.1) is 12.3 Å². The molecule has 1 aromatic carbocycles. The Morgan fingerprint density at radius 1 is 1.26 bits per heavy atom. The molecule has 0 aliphatic carbocycles. The molecule has 0 aliphatic heterocycles. The smallest absolute Gasteiger partial charge is 0.416 e. The third-order valence-corrected chi connectivity index (χ3v) is 1.98. The lowest BCUT2D eigenvalue weighted by molar-refractivity contribution is -0.137. The van der Waals surface area contributed by atoms with Crippen molar-refractivity contribution < 1.29 is 27.5 Å². The molecule has 0 unspecified atom stereocenters. The van der Waals surface area contributed by atoms with E-state index in [4.69, 9.17) is 6.42 Å². The van der Waals surface area contributed by atoms with Crippen LogP contribution >= 0.6 is 0 Å². The molecule has 0 bridgehead atoms. The zero-order chi connectivity index (χ0) is 14.5. The molecule has 0 atom stereocenters. The van der Waals surface area contributed by atoms with Gasteiger partial charge in [0.05, 0.1) is 5.56 Å². The maximum atomic E-state index is 12.3. The molecule has 0 fully saturated rings. The van der Waals surface area contributed by atoms with Gasteiger partial charge in [0.25, 0.3) is 5.91 Å². The summed E-state index contributed by atoms with van der Waals surface area (Å²) in [6.45, 7) is -0.313. The van der Waals surface area contributed by atoms with Gasteiger partial charge < -0.3 is 4.74 Å². The van der Waals surface area contributed by atoms with Crippen molar-refractivity contribution in [2.75, 3.05) is 6.61 Å². The number of alkyl carbamates (subject to hydrolysis) is 1. The van der Waals surface area contributed by atoms with Crippen molar-refractivity contribution in [2.24, 2.45) is 0 Å². The zero-order valence-corrected chi connectivity index (χ0v) is 9.45. The Kier molecular flexibility index (Phi) is 4.53. The molecule has 0 aliphatic rings. The first-order valence-corrected chi connectivity index (χ1v) is 4.93. The predicted octanol–water partition coefficient (Wildman–Crippen LogP) is 2.21. The zero-order valence-electron chi connectivity index (χ0n) is 9.45. The summed E-state index contributed by atoms with van der Waals surface area (Å²) in [5.41, 5.74) is -0.996. The molecule has 100 valence electrons. The Labute approximate surface area is 106 Å². The number of carbonyl (C=O) groups is 2. The average molecular weight is 271 g/mol. The summed E-state index contributed by atoms with van der Waals surface area (Å²) in [6.07, 6.45) is -0.723. The minimum Gasteiger partial charge on any atom is -0.436 e. The minimum atomic E-state index is -4.49. The number of carbonyl (C=O) groups excluding carboxylic acids is 2. The first kappa shape index (κ1) is 14.6. The van der Waals surface area contributed by atoms with Gasteiger partial charge in [-0.2, -0.15) is 13.2 Å². The average Bonchev–Trinajstić information content (AvgIpc) is 2.35. The van der Waals surface area contributed by atoms with Crippen LogP contribution in [0.5, 0.6) is 0 Å². The van der Waals surface area contributed by atoms with Crippen molar-refractivity contribution in [1.29, 1.82) is 0 Å². The molecule has 0 heterocycles. The van der Waals surface area contributed by atoms with Gasteiger partial charge in [0.1, 0.15) is 0 Å². The molecule has 0 saturated heterocycles. The molecule has 0 spiro atoms. The first-order valence-electron chi connectivity index (χ1n) is 4.93. The van der Waals surface area contributed by atoms with Crippen molar-refractivity contribution in [2.45, 2.75) is 6.18 Å². The fourth-order valence-electron chi connectivity index (χ4n) is 1.12. The van der Waals surface area contributed by atoms with E-state index in [0.717, 1.165) is 24.3 Å². The van der Waals surface area contributed by atoms with E-state index >= 15 is 0 Å². The summed E-state index contributed by atoms with van der Waals surface area (Å²) >= 11 is 0. The number of ether oxygens (including phenoxy) is 1. The number of alkyl halides is 3. The molecule has 1 N–H and O–H groups in total. The number of benzene rings is 1. The van der Waals surface area contributed by atoms with Gasteiger partial charge in [0.15, 0.2) is 6.61 Å². The van der Waals surface area contributed by atoms with E-state index in [9.17, 15) is 22.8 Å². The van der Waals surface area contributed by atoms with Crippen LogP contribution in [0.2, 0.25) is 0 Å². The molecule has 19 heavy (non-hydrogen) atoms. The molecular formula is C12H8F3NO3. The second-order valence-electron chi connectivity index (χ2n) is 3.31. The predicted molar refractivity (Wildman–Crippen MR) is 59.1 cm³/mol. The minimum absolute atomic E-state index is 0.106. The molecule has 4 nitrogen and oxygen atoms in total. The van der Waals surface area contributed by atoms with E-state index < -0.39 is 23.7 Å². The maximum Gasteiger partial charge on any atom is 0.416 e. The number of hydrogen-bond donors (Lipinski definition) is 1. The van der Waals surface area contributed by atoms with Crippen molar-refractivity contribution >= 4 is 12.0 Å². The summed E-state index contributed by atoms with van der Waals surface area (Å²) in [5, 5.41) is 1.81. The third-order valence-electron chi connectivity index (χ3n) is 1.98. The van der Waals surface area contributed by atoms with E-state index in [-0.39, 0.29) is 12.2 Å². The van der Waals surface area contributed by atoms with Crippen LogP contribution in [-0.2, 0) is 10.9 Å². The van der Waals surface area contributed by atoms with Crippen LogP contribution in [0.25, 0.3) is 0 Å². The standard InChI is InChI=1S/C12H8F3NO3/c1-2-7-19-11(18)16-10(17)8-3-5-9(6-4-8)12(13,14)15/h1,3-6H,7H2,(H,16,17,18). The number of terminal acetylenes is 1. The highest BCUT2D eigenvalue weighted by Crippen LogP contribution is 2.28. The number of amides is 2. The van der Waals surface area contributed by atoms with E-state index in [1.165, 1.54) is 0 Å². The molecular weight excluding hydrogens is 263 g/mol. The van der Waals surface area contributed by atoms with E-state index in [1.54, 1.807) is 0 Å². The van der Waals surface area contributed by atoms with Crippen LogP contribution in [0.3, 0.4) is 0 Å². The van der Waals surface area contributed by atoms with Gasteiger partial charge in [-0.1, -0.05) is 5.92 Å². The summed E-state index contributed by atoms with van der Waals surface area (Å²) < 4.78 is 41.2. The number of nitrogens with one attached hydrogen (secondary N) is 1. The largest absolute Gasteiger partial charge is 0.436 e. The van der Waals surface area contributed by atoms with Crippen molar-refractivity contribution in [1.82, 2.24) is 5.32 Å². The molecule has 0 saturated carbocycles. The highest BCUT2D eigenvalue weighted by atomic mass is 19.4. The van der Waals surface area contributed by atoms with Gasteiger partial charge in [-0.15, -0.1) is 6.42 Å². The number of halogens is 3. The Bertz CT molecular complexity index is 515. The Hall–Kier alpha value is -2.49. The number of rotatable bonds is 2. The molecule has 1 rings (SSSR count). The van der Waals surface area contributed by atoms with Gasteiger partial charge >= 0.3 is 12.3 Å². The van der Waals surface area contributed by atoms with E-state index in [1.807, 2.05) is 11.2 Å². The third kappa shape index (κ3) is 4.35. The van der Waals surface area contributed by atoms with Gasteiger partial charge in [-0.25, -0.2) is 4.79 Å². The molecule has 7 heteroatoms. The van der Waals surface area contributed by atoms with Crippen molar-refractivity contribution in [3.05, 3.63) is 35.4 Å². The van der Waals surface area contributed by atoms with Gasteiger partial charge in [0, 0.05) is 5.56 Å². The molecule has 2 amide bonds. The van der Waals surface area contributed by atoms with Crippen LogP contribution in [-0.4, -0.2) is 18.6 Å². The second kappa shape index (κ2) is 5.91. The Morgan fingerprint density at radius 3 is 2.32 bits per heavy atom. The highest BCUT2D eigenvalue weighted by molar-refractivity contribution is 6.02. The van der Waals surface area contributed by atoms with Crippen molar-refractivity contribution in [3.8, 4) is 12.3 Å². The topological polar surface area (TPSA) is 55.4 Å². The molecule has 1 aromatic rings. The SMILES string of the molecule is C#CCOC(=O)NC(=O)c1ccc(C(F)(F)F)cc1. The van der Waals surface area contributed by atoms with Gasteiger partial charge in [-0.05, 0) is 24.3 Å². The summed E-state index contributed by atoms with van der Waals surface area (Å²) in [7, 11) is 0. The Balaban J connectivity index is 2.69. The summed E-state index contributed by atoms with van der Waals surface area (Å²) in [6, 6.07) is 3.38. The highest BCUT2D eigenvalue weighted by Gasteiger charge is 2.30. The lowest BCUT2D eigenvalue weighted by Crippen LogP contribution is -2.31.